The first-order valence-corrected chi connectivity index (χ1v) is 5.99. The summed E-state index contributed by atoms with van der Waals surface area (Å²) in [4.78, 5) is 11.4. The quantitative estimate of drug-likeness (QED) is 0.819. The molecule has 0 aliphatic rings. The Labute approximate surface area is 114 Å². The van der Waals surface area contributed by atoms with Gasteiger partial charge < -0.3 is 14.6 Å². The molecular formula is C13H15F3O4. The van der Waals surface area contributed by atoms with E-state index >= 15 is 0 Å². The van der Waals surface area contributed by atoms with Gasteiger partial charge in [0.15, 0.2) is 18.1 Å². The Balaban J connectivity index is 2.68. The van der Waals surface area contributed by atoms with Crippen molar-refractivity contribution >= 4 is 5.97 Å². The number of esters is 1. The number of ether oxygens (including phenoxy) is 2. The van der Waals surface area contributed by atoms with Gasteiger partial charge in [0, 0.05) is 0 Å². The highest BCUT2D eigenvalue weighted by Gasteiger charge is 2.29. The fraction of sp³-hybridized carbons (Fsp3) is 0.462. The minimum atomic E-state index is -4.50. The van der Waals surface area contributed by atoms with Gasteiger partial charge in [0.25, 0.3) is 0 Å². The van der Waals surface area contributed by atoms with E-state index in [1.165, 1.54) is 18.2 Å². The molecule has 0 fully saturated rings. The summed E-state index contributed by atoms with van der Waals surface area (Å²) in [6, 6.07) is 3.78. The van der Waals surface area contributed by atoms with E-state index in [-0.39, 0.29) is 18.8 Å². The normalized spacial score (nSPS) is 11.2. The molecule has 0 radical (unpaired) electrons. The van der Waals surface area contributed by atoms with Crippen LogP contribution in [0.3, 0.4) is 0 Å². The third kappa shape index (κ3) is 5.81. The standard InChI is InChI=1S/C13H15F3O4/c1-2-5-19-12(18)7-9-3-4-10(17)11(6-9)20-8-13(14,15)16/h3-4,6,17H,2,5,7-8H2,1H3. The zero-order valence-corrected chi connectivity index (χ0v) is 10.9. The zero-order valence-electron chi connectivity index (χ0n) is 10.9. The molecule has 0 unspecified atom stereocenters. The molecule has 0 atom stereocenters. The summed E-state index contributed by atoms with van der Waals surface area (Å²) < 4.78 is 45.5. The molecule has 1 aromatic carbocycles. The SMILES string of the molecule is CCCOC(=O)Cc1ccc(O)c(OCC(F)(F)F)c1. The Morgan fingerprint density at radius 3 is 2.65 bits per heavy atom. The average molecular weight is 292 g/mol. The van der Waals surface area contributed by atoms with E-state index < -0.39 is 24.5 Å². The number of halogens is 3. The maximum absolute atomic E-state index is 12.0. The van der Waals surface area contributed by atoms with E-state index in [9.17, 15) is 23.1 Å². The van der Waals surface area contributed by atoms with Crippen LogP contribution in [0, 0.1) is 0 Å². The van der Waals surface area contributed by atoms with E-state index in [0.29, 0.717) is 12.0 Å². The van der Waals surface area contributed by atoms with Crippen molar-refractivity contribution in [1.29, 1.82) is 0 Å². The number of aromatic hydroxyl groups is 1. The van der Waals surface area contributed by atoms with Crippen LogP contribution in [-0.2, 0) is 16.0 Å². The maximum atomic E-state index is 12.0. The van der Waals surface area contributed by atoms with Crippen LogP contribution in [0.4, 0.5) is 13.2 Å². The van der Waals surface area contributed by atoms with E-state index in [1.807, 2.05) is 6.92 Å². The molecule has 0 heterocycles. The molecule has 0 bridgehead atoms. The molecule has 4 nitrogen and oxygen atoms in total. The average Bonchev–Trinajstić information content (AvgIpc) is 2.36. The highest BCUT2D eigenvalue weighted by molar-refractivity contribution is 5.72. The van der Waals surface area contributed by atoms with Gasteiger partial charge in [0.05, 0.1) is 13.0 Å². The van der Waals surface area contributed by atoms with E-state index in [0.717, 1.165) is 0 Å². The van der Waals surface area contributed by atoms with Crippen molar-refractivity contribution in [2.24, 2.45) is 0 Å². The number of benzene rings is 1. The molecule has 1 aromatic rings. The smallest absolute Gasteiger partial charge is 0.422 e. The van der Waals surface area contributed by atoms with Crippen LogP contribution in [-0.4, -0.2) is 30.5 Å². The molecule has 0 aliphatic carbocycles. The largest absolute Gasteiger partial charge is 0.504 e. The molecular weight excluding hydrogens is 277 g/mol. The third-order valence-corrected chi connectivity index (χ3v) is 2.23. The van der Waals surface area contributed by atoms with Crippen molar-refractivity contribution in [2.75, 3.05) is 13.2 Å². The summed E-state index contributed by atoms with van der Waals surface area (Å²) in [6.45, 7) is 0.621. The third-order valence-electron chi connectivity index (χ3n) is 2.23. The van der Waals surface area contributed by atoms with E-state index in [1.54, 1.807) is 0 Å². The van der Waals surface area contributed by atoms with Crippen LogP contribution < -0.4 is 4.74 Å². The van der Waals surface area contributed by atoms with Gasteiger partial charge in [-0.1, -0.05) is 13.0 Å². The van der Waals surface area contributed by atoms with Gasteiger partial charge in [0.2, 0.25) is 0 Å². The van der Waals surface area contributed by atoms with Gasteiger partial charge >= 0.3 is 12.1 Å². The zero-order chi connectivity index (χ0) is 15.2. The second-order valence-corrected chi connectivity index (χ2v) is 4.10. The molecule has 20 heavy (non-hydrogen) atoms. The summed E-state index contributed by atoms with van der Waals surface area (Å²) in [7, 11) is 0. The predicted molar refractivity (Wildman–Crippen MR) is 64.6 cm³/mol. The minimum absolute atomic E-state index is 0.0946. The second kappa shape index (κ2) is 7.02. The fourth-order valence-electron chi connectivity index (χ4n) is 1.38. The van der Waals surface area contributed by atoms with Gasteiger partial charge in [-0.2, -0.15) is 13.2 Å². The molecule has 0 amide bonds. The van der Waals surface area contributed by atoms with Crippen LogP contribution in [0.2, 0.25) is 0 Å². The van der Waals surface area contributed by atoms with Crippen molar-refractivity contribution in [3.63, 3.8) is 0 Å². The van der Waals surface area contributed by atoms with Gasteiger partial charge in [0.1, 0.15) is 0 Å². The summed E-state index contributed by atoms with van der Waals surface area (Å²) >= 11 is 0. The van der Waals surface area contributed by atoms with Crippen molar-refractivity contribution < 1.29 is 32.5 Å². The Hall–Kier alpha value is -1.92. The first-order chi connectivity index (χ1) is 9.31. The molecule has 1 rings (SSSR count). The molecule has 112 valence electrons. The highest BCUT2D eigenvalue weighted by atomic mass is 19.4. The van der Waals surface area contributed by atoms with Crippen molar-refractivity contribution in [3.8, 4) is 11.5 Å². The Morgan fingerprint density at radius 1 is 1.35 bits per heavy atom. The van der Waals surface area contributed by atoms with Crippen LogP contribution >= 0.6 is 0 Å². The van der Waals surface area contributed by atoms with Crippen molar-refractivity contribution in [2.45, 2.75) is 25.9 Å². The van der Waals surface area contributed by atoms with Crippen molar-refractivity contribution in [3.05, 3.63) is 23.8 Å². The lowest BCUT2D eigenvalue weighted by Gasteiger charge is -2.11. The summed E-state index contributed by atoms with van der Waals surface area (Å²) in [5.41, 5.74) is 0.404. The number of hydrogen-bond acceptors (Lipinski definition) is 4. The molecule has 0 aliphatic heterocycles. The number of carbonyl (C=O) groups excluding carboxylic acids is 1. The summed E-state index contributed by atoms with van der Waals surface area (Å²) in [5.74, 6) is -1.22. The Morgan fingerprint density at radius 2 is 2.05 bits per heavy atom. The number of phenols is 1. The highest BCUT2D eigenvalue weighted by Crippen LogP contribution is 2.29. The van der Waals surface area contributed by atoms with E-state index in [2.05, 4.69) is 4.74 Å². The van der Waals surface area contributed by atoms with Crippen LogP contribution in [0.25, 0.3) is 0 Å². The van der Waals surface area contributed by atoms with Gasteiger partial charge in [-0.3, -0.25) is 4.79 Å². The molecule has 1 N–H and O–H groups in total. The predicted octanol–water partition coefficient (Wildman–Crippen LogP) is 2.83. The molecule has 0 saturated heterocycles. The Kier molecular flexibility index (Phi) is 5.66. The molecule has 0 aromatic heterocycles. The topological polar surface area (TPSA) is 55.8 Å². The van der Waals surface area contributed by atoms with Gasteiger partial charge in [-0.25, -0.2) is 0 Å². The lowest BCUT2D eigenvalue weighted by molar-refractivity contribution is -0.153. The van der Waals surface area contributed by atoms with Crippen LogP contribution in [0.5, 0.6) is 11.5 Å². The number of rotatable bonds is 6. The van der Waals surface area contributed by atoms with Gasteiger partial charge in [-0.15, -0.1) is 0 Å². The van der Waals surface area contributed by atoms with Crippen LogP contribution in [0.15, 0.2) is 18.2 Å². The Bertz CT molecular complexity index is 457. The summed E-state index contributed by atoms with van der Waals surface area (Å²) in [5, 5.41) is 9.40. The lowest BCUT2D eigenvalue weighted by atomic mass is 10.1. The number of hydrogen-bond donors (Lipinski definition) is 1. The number of alkyl halides is 3. The number of carbonyl (C=O) groups is 1. The lowest BCUT2D eigenvalue weighted by Crippen LogP contribution is -2.19. The second-order valence-electron chi connectivity index (χ2n) is 4.10. The minimum Gasteiger partial charge on any atom is -0.504 e. The maximum Gasteiger partial charge on any atom is 0.422 e. The molecule has 7 heteroatoms. The monoisotopic (exact) mass is 292 g/mol. The van der Waals surface area contributed by atoms with Crippen LogP contribution in [0.1, 0.15) is 18.9 Å². The van der Waals surface area contributed by atoms with Gasteiger partial charge in [-0.05, 0) is 24.1 Å². The van der Waals surface area contributed by atoms with Crippen molar-refractivity contribution in [1.82, 2.24) is 0 Å². The number of phenolic OH excluding ortho intramolecular Hbond substituents is 1. The fourth-order valence-corrected chi connectivity index (χ4v) is 1.38. The first-order valence-electron chi connectivity index (χ1n) is 5.99. The molecule has 0 spiro atoms. The molecule has 0 saturated carbocycles. The first kappa shape index (κ1) is 16.1. The summed E-state index contributed by atoms with van der Waals surface area (Å²) in [6.07, 6.45) is -3.91. The van der Waals surface area contributed by atoms with E-state index in [4.69, 9.17) is 4.74 Å².